The molecule has 0 radical (unpaired) electrons. The number of hydrogen-bond acceptors (Lipinski definition) is 9. The van der Waals surface area contributed by atoms with Gasteiger partial charge in [0.05, 0.1) is 27.4 Å². The third kappa shape index (κ3) is 5.34. The smallest absolute Gasteiger partial charge is 0.240 e. The number of hydrogen-bond donors (Lipinski definition) is 1. The minimum Gasteiger partial charge on any atom is -0.493 e. The molecule has 2 heterocycles. The highest BCUT2D eigenvalue weighted by Gasteiger charge is 2.19. The molecule has 10 heteroatoms. The van der Waals surface area contributed by atoms with Crippen molar-refractivity contribution in [3.8, 4) is 27.8 Å². The lowest BCUT2D eigenvalue weighted by Gasteiger charge is -2.31. The van der Waals surface area contributed by atoms with E-state index in [2.05, 4.69) is 32.4 Å². The SMILES string of the molecule is CCOc1c(OC)cc(-c2nnc(NC(=O)CN3CCN(C)CC3)s2)cc1OC. The summed E-state index contributed by atoms with van der Waals surface area (Å²) in [4.78, 5) is 16.7. The molecule has 0 atom stereocenters. The van der Waals surface area contributed by atoms with Crippen molar-refractivity contribution in [3.63, 3.8) is 0 Å². The van der Waals surface area contributed by atoms with Crippen LogP contribution in [-0.2, 0) is 4.79 Å². The Kier molecular flexibility index (Phi) is 7.24. The first kappa shape index (κ1) is 21.3. The van der Waals surface area contributed by atoms with E-state index in [0.29, 0.717) is 40.5 Å². The largest absolute Gasteiger partial charge is 0.493 e. The van der Waals surface area contributed by atoms with Crippen LogP contribution in [0.2, 0.25) is 0 Å². The summed E-state index contributed by atoms with van der Waals surface area (Å²) in [5, 5.41) is 12.3. The van der Waals surface area contributed by atoms with E-state index in [-0.39, 0.29) is 5.91 Å². The lowest BCUT2D eigenvalue weighted by molar-refractivity contribution is -0.117. The Morgan fingerprint density at radius 3 is 2.38 bits per heavy atom. The Hall–Kier alpha value is -2.43. The van der Waals surface area contributed by atoms with Crippen LogP contribution in [-0.4, -0.2) is 86.5 Å². The average molecular weight is 422 g/mol. The number of nitrogens with one attached hydrogen (secondary N) is 1. The molecule has 1 aromatic heterocycles. The van der Waals surface area contributed by atoms with Crippen molar-refractivity contribution in [1.29, 1.82) is 0 Å². The fourth-order valence-corrected chi connectivity index (χ4v) is 3.80. The number of likely N-dealkylation sites (N-methyl/N-ethyl adjacent to an activating group) is 1. The molecular formula is C19H27N5O4S. The fourth-order valence-electron chi connectivity index (χ4n) is 3.05. The van der Waals surface area contributed by atoms with E-state index in [0.717, 1.165) is 31.7 Å². The molecule has 0 unspecified atom stereocenters. The van der Waals surface area contributed by atoms with Gasteiger partial charge in [0.1, 0.15) is 5.01 Å². The first-order valence-corrected chi connectivity index (χ1v) is 10.3. The van der Waals surface area contributed by atoms with Gasteiger partial charge in [0.2, 0.25) is 16.8 Å². The number of methoxy groups -OCH3 is 2. The average Bonchev–Trinajstić information content (AvgIpc) is 3.18. The van der Waals surface area contributed by atoms with Gasteiger partial charge in [-0.15, -0.1) is 10.2 Å². The van der Waals surface area contributed by atoms with Gasteiger partial charge in [0.25, 0.3) is 0 Å². The summed E-state index contributed by atoms with van der Waals surface area (Å²) in [5.41, 5.74) is 0.777. The molecule has 1 aliphatic heterocycles. The Morgan fingerprint density at radius 1 is 1.14 bits per heavy atom. The highest BCUT2D eigenvalue weighted by molar-refractivity contribution is 7.18. The summed E-state index contributed by atoms with van der Waals surface area (Å²) in [6, 6.07) is 3.65. The van der Waals surface area contributed by atoms with Crippen molar-refractivity contribution in [2.45, 2.75) is 6.92 Å². The normalized spacial score (nSPS) is 15.2. The first-order valence-electron chi connectivity index (χ1n) is 9.47. The van der Waals surface area contributed by atoms with Crippen LogP contribution in [0.5, 0.6) is 17.2 Å². The maximum atomic E-state index is 12.3. The number of piperazine rings is 1. The van der Waals surface area contributed by atoms with Crippen molar-refractivity contribution in [2.75, 3.05) is 65.9 Å². The number of aromatic nitrogens is 2. The van der Waals surface area contributed by atoms with Gasteiger partial charge >= 0.3 is 0 Å². The van der Waals surface area contributed by atoms with E-state index in [1.165, 1.54) is 11.3 Å². The van der Waals surface area contributed by atoms with Crippen LogP contribution in [0.15, 0.2) is 12.1 Å². The Bertz CT molecular complexity index is 811. The van der Waals surface area contributed by atoms with Gasteiger partial charge in [-0.2, -0.15) is 0 Å². The highest BCUT2D eigenvalue weighted by atomic mass is 32.1. The van der Waals surface area contributed by atoms with Crippen molar-refractivity contribution in [1.82, 2.24) is 20.0 Å². The molecule has 0 aliphatic carbocycles. The summed E-state index contributed by atoms with van der Waals surface area (Å²) in [7, 11) is 5.24. The van der Waals surface area contributed by atoms with Crippen LogP contribution < -0.4 is 19.5 Å². The Morgan fingerprint density at radius 2 is 1.79 bits per heavy atom. The van der Waals surface area contributed by atoms with Gasteiger partial charge < -0.3 is 19.1 Å². The van der Waals surface area contributed by atoms with Crippen LogP contribution in [0, 0.1) is 0 Å². The van der Waals surface area contributed by atoms with E-state index in [1.807, 2.05) is 19.1 Å². The molecule has 9 nitrogen and oxygen atoms in total. The Balaban J connectivity index is 1.70. The number of carbonyl (C=O) groups is 1. The molecule has 1 saturated heterocycles. The van der Waals surface area contributed by atoms with Crippen molar-refractivity contribution in [3.05, 3.63) is 12.1 Å². The second kappa shape index (κ2) is 9.86. The number of amides is 1. The minimum atomic E-state index is -0.0842. The molecule has 1 fully saturated rings. The summed E-state index contributed by atoms with van der Waals surface area (Å²) >= 11 is 1.30. The first-order chi connectivity index (χ1) is 14.0. The number of anilines is 1. The zero-order valence-electron chi connectivity index (χ0n) is 17.2. The van der Waals surface area contributed by atoms with Crippen LogP contribution >= 0.6 is 11.3 Å². The molecule has 29 heavy (non-hydrogen) atoms. The molecule has 0 saturated carbocycles. The third-order valence-electron chi connectivity index (χ3n) is 4.63. The van der Waals surface area contributed by atoms with Gasteiger partial charge in [-0.05, 0) is 26.1 Å². The summed E-state index contributed by atoms with van der Waals surface area (Å²) in [5.74, 6) is 1.57. The number of ether oxygens (including phenoxy) is 3. The Labute approximate surface area is 174 Å². The number of nitrogens with zero attached hydrogens (tertiary/aromatic N) is 4. The zero-order valence-corrected chi connectivity index (χ0v) is 18.0. The minimum absolute atomic E-state index is 0.0842. The van der Waals surface area contributed by atoms with Gasteiger partial charge in [-0.25, -0.2) is 0 Å². The van der Waals surface area contributed by atoms with Gasteiger partial charge in [-0.3, -0.25) is 15.0 Å². The zero-order chi connectivity index (χ0) is 20.8. The quantitative estimate of drug-likeness (QED) is 0.690. The van der Waals surface area contributed by atoms with E-state index in [4.69, 9.17) is 14.2 Å². The summed E-state index contributed by atoms with van der Waals surface area (Å²) in [6.45, 7) is 6.46. The number of rotatable bonds is 8. The number of benzene rings is 1. The second-order valence-electron chi connectivity index (χ2n) is 6.68. The summed E-state index contributed by atoms with van der Waals surface area (Å²) < 4.78 is 16.5. The third-order valence-corrected chi connectivity index (χ3v) is 5.52. The van der Waals surface area contributed by atoms with Gasteiger partial charge in [0.15, 0.2) is 11.5 Å². The molecule has 1 aromatic carbocycles. The van der Waals surface area contributed by atoms with Crippen molar-refractivity contribution < 1.29 is 19.0 Å². The molecule has 0 spiro atoms. The highest BCUT2D eigenvalue weighted by Crippen LogP contribution is 2.42. The van der Waals surface area contributed by atoms with E-state index < -0.39 is 0 Å². The molecule has 0 bridgehead atoms. The standard InChI is InChI=1S/C19H27N5O4S/c1-5-28-17-14(26-3)10-13(11-15(17)27-4)18-21-22-19(29-18)20-16(25)12-24-8-6-23(2)7-9-24/h10-11H,5-9,12H2,1-4H3,(H,20,22,25). The molecule has 1 amide bonds. The molecule has 1 N–H and O–H groups in total. The fraction of sp³-hybridized carbons (Fsp3) is 0.526. The predicted molar refractivity (Wildman–Crippen MR) is 112 cm³/mol. The van der Waals surface area contributed by atoms with Crippen molar-refractivity contribution >= 4 is 22.4 Å². The van der Waals surface area contributed by atoms with E-state index in [9.17, 15) is 4.79 Å². The van der Waals surface area contributed by atoms with Crippen LogP contribution in [0.4, 0.5) is 5.13 Å². The van der Waals surface area contributed by atoms with Crippen LogP contribution in [0.3, 0.4) is 0 Å². The molecule has 158 valence electrons. The van der Waals surface area contributed by atoms with E-state index in [1.54, 1.807) is 14.2 Å². The maximum absolute atomic E-state index is 12.3. The van der Waals surface area contributed by atoms with Crippen LogP contribution in [0.25, 0.3) is 10.6 Å². The lowest BCUT2D eigenvalue weighted by atomic mass is 10.2. The maximum Gasteiger partial charge on any atom is 0.240 e. The molecule has 2 aromatic rings. The molecule has 1 aliphatic rings. The van der Waals surface area contributed by atoms with E-state index >= 15 is 0 Å². The van der Waals surface area contributed by atoms with Crippen LogP contribution in [0.1, 0.15) is 6.92 Å². The molecule has 3 rings (SSSR count). The lowest BCUT2D eigenvalue weighted by Crippen LogP contribution is -2.47. The van der Waals surface area contributed by atoms with Gasteiger partial charge in [0, 0.05) is 31.7 Å². The number of carbonyl (C=O) groups excluding carboxylic acids is 1. The molecular weight excluding hydrogens is 394 g/mol. The predicted octanol–water partition coefficient (Wildman–Crippen LogP) is 1.81. The summed E-state index contributed by atoms with van der Waals surface area (Å²) in [6.07, 6.45) is 0. The topological polar surface area (TPSA) is 89.0 Å². The second-order valence-corrected chi connectivity index (χ2v) is 7.66. The van der Waals surface area contributed by atoms with Crippen molar-refractivity contribution in [2.24, 2.45) is 0 Å². The van der Waals surface area contributed by atoms with Gasteiger partial charge in [-0.1, -0.05) is 11.3 Å². The monoisotopic (exact) mass is 421 g/mol.